The van der Waals surface area contributed by atoms with Crippen molar-refractivity contribution >= 4 is 38.3 Å². The number of sulfonamides is 1. The van der Waals surface area contributed by atoms with Crippen LogP contribution < -0.4 is 15.8 Å². The summed E-state index contributed by atoms with van der Waals surface area (Å²) < 4.78 is 23.8. The van der Waals surface area contributed by atoms with Gasteiger partial charge in [-0.2, -0.15) is 0 Å². The van der Waals surface area contributed by atoms with Gasteiger partial charge < -0.3 is 15.5 Å². The molecule has 7 rings (SSSR count). The molecule has 3 aliphatic rings. The number of fused-ring (bicyclic) bond motifs is 3. The predicted molar refractivity (Wildman–Crippen MR) is 158 cm³/mol. The lowest BCUT2D eigenvalue weighted by Gasteiger charge is -2.39. The van der Waals surface area contributed by atoms with Crippen molar-refractivity contribution < 1.29 is 18.0 Å². The van der Waals surface area contributed by atoms with Crippen LogP contribution in [0, 0.1) is 0 Å². The van der Waals surface area contributed by atoms with Crippen LogP contribution in [0.4, 0.5) is 5.69 Å². The van der Waals surface area contributed by atoms with Gasteiger partial charge in [0.25, 0.3) is 0 Å². The second-order valence-electron chi connectivity index (χ2n) is 11.6. The number of likely N-dealkylation sites (tertiary alicyclic amines) is 1. The zero-order chi connectivity index (χ0) is 29.3. The number of benzene rings is 2. The largest absolute Gasteiger partial charge is 0.341 e. The molecule has 2 fully saturated rings. The number of carbonyl (C=O) groups excluding carboxylic acids is 2. The van der Waals surface area contributed by atoms with Gasteiger partial charge in [-0.3, -0.25) is 19.6 Å². The van der Waals surface area contributed by atoms with Gasteiger partial charge >= 0.3 is 0 Å². The molecular formula is C31H30N6O4S. The highest BCUT2D eigenvalue weighted by Gasteiger charge is 2.55. The maximum Gasteiger partial charge on any atom is 0.242 e. The molecule has 0 radical (unpaired) electrons. The van der Waals surface area contributed by atoms with Crippen LogP contribution in [0.25, 0.3) is 21.9 Å². The molecule has 2 amide bonds. The van der Waals surface area contributed by atoms with E-state index in [-0.39, 0.29) is 23.3 Å². The monoisotopic (exact) mass is 582 g/mol. The van der Waals surface area contributed by atoms with Gasteiger partial charge in [-0.05, 0) is 60.4 Å². The number of pyridine rings is 2. The summed E-state index contributed by atoms with van der Waals surface area (Å²) in [5, 5.41) is 7.19. The summed E-state index contributed by atoms with van der Waals surface area (Å²) in [6, 6.07) is 16.1. The van der Waals surface area contributed by atoms with E-state index < -0.39 is 21.0 Å². The molecule has 1 spiro atoms. The zero-order valence-electron chi connectivity index (χ0n) is 22.9. The number of hydrogen-bond donors (Lipinski definition) is 2. The summed E-state index contributed by atoms with van der Waals surface area (Å²) in [6.07, 6.45) is 7.66. The molecular weight excluding hydrogens is 552 g/mol. The van der Waals surface area contributed by atoms with Crippen LogP contribution >= 0.6 is 0 Å². The molecule has 1 saturated heterocycles. The Bertz CT molecular complexity index is 1860. The van der Waals surface area contributed by atoms with Gasteiger partial charge in [0.05, 0.1) is 40.0 Å². The van der Waals surface area contributed by atoms with Gasteiger partial charge in [-0.15, -0.1) is 0 Å². The molecule has 2 aromatic heterocycles. The molecule has 0 bridgehead atoms. The lowest BCUT2D eigenvalue weighted by Crippen LogP contribution is -2.54. The Labute approximate surface area is 243 Å². The third kappa shape index (κ3) is 4.19. The van der Waals surface area contributed by atoms with Crippen molar-refractivity contribution in [3.63, 3.8) is 0 Å². The first-order valence-corrected chi connectivity index (χ1v) is 15.5. The molecule has 10 nitrogen and oxygen atoms in total. The van der Waals surface area contributed by atoms with Gasteiger partial charge in [0.2, 0.25) is 21.8 Å². The van der Waals surface area contributed by atoms with Crippen LogP contribution in [-0.4, -0.2) is 53.7 Å². The van der Waals surface area contributed by atoms with Gasteiger partial charge in [-0.25, -0.2) is 13.6 Å². The van der Waals surface area contributed by atoms with Crippen molar-refractivity contribution in [2.24, 2.45) is 10.9 Å². The number of nitrogens with two attached hydrogens (primary N) is 2. The molecule has 2 aliphatic heterocycles. The number of amides is 2. The number of carbonyl (C=O) groups is 2. The molecule has 42 heavy (non-hydrogen) atoms. The predicted octanol–water partition coefficient (Wildman–Crippen LogP) is 2.84. The Balaban J connectivity index is 1.26. The molecule has 0 unspecified atom stereocenters. The fraction of sp³-hybridized carbons (Fsp3) is 0.290. The third-order valence-corrected chi connectivity index (χ3v) is 9.97. The van der Waals surface area contributed by atoms with E-state index in [2.05, 4.69) is 4.98 Å². The molecule has 1 aliphatic carbocycles. The molecule has 2 aromatic carbocycles. The smallest absolute Gasteiger partial charge is 0.242 e. The van der Waals surface area contributed by atoms with Crippen molar-refractivity contribution in [3.8, 4) is 11.1 Å². The normalized spacial score (nSPS) is 18.9. The van der Waals surface area contributed by atoms with Crippen LogP contribution in [0.15, 0.2) is 78.1 Å². The van der Waals surface area contributed by atoms with Gasteiger partial charge in [-0.1, -0.05) is 36.4 Å². The average Bonchev–Trinajstić information content (AvgIpc) is 3.72. The van der Waals surface area contributed by atoms with E-state index in [9.17, 15) is 18.0 Å². The summed E-state index contributed by atoms with van der Waals surface area (Å²) in [5.41, 5.74) is 8.61. The quantitative estimate of drug-likeness (QED) is 0.367. The van der Waals surface area contributed by atoms with Crippen molar-refractivity contribution in [1.29, 1.82) is 0 Å². The van der Waals surface area contributed by atoms with Crippen LogP contribution in [-0.2, 0) is 31.6 Å². The second-order valence-corrected chi connectivity index (χ2v) is 13.1. The highest BCUT2D eigenvalue weighted by atomic mass is 32.2. The Hall–Kier alpha value is -4.19. The number of anilines is 1. The average molecular weight is 583 g/mol. The molecule has 1 saturated carbocycles. The fourth-order valence-electron chi connectivity index (χ4n) is 6.49. The number of primary sulfonamides is 1. The number of nitrogens with zero attached hydrogens (tertiary/aromatic N) is 4. The molecule has 0 atom stereocenters. The van der Waals surface area contributed by atoms with Crippen molar-refractivity contribution in [2.75, 3.05) is 18.0 Å². The van der Waals surface area contributed by atoms with E-state index in [1.54, 1.807) is 35.6 Å². The topological polar surface area (TPSA) is 153 Å². The fourth-order valence-corrected chi connectivity index (χ4v) is 7.01. The van der Waals surface area contributed by atoms with Crippen molar-refractivity contribution in [1.82, 2.24) is 14.9 Å². The Morgan fingerprint density at radius 3 is 2.36 bits per heavy atom. The van der Waals surface area contributed by atoms with E-state index in [1.165, 1.54) is 12.1 Å². The summed E-state index contributed by atoms with van der Waals surface area (Å²) in [6.45, 7) is 1.13. The Morgan fingerprint density at radius 2 is 1.67 bits per heavy atom. The third-order valence-electron chi connectivity index (χ3n) is 9.04. The summed E-state index contributed by atoms with van der Waals surface area (Å²) in [5.74, 6) is -0.0509. The van der Waals surface area contributed by atoms with E-state index in [1.807, 2.05) is 35.2 Å². The number of piperidine rings is 1. The van der Waals surface area contributed by atoms with E-state index >= 15 is 0 Å². The SMILES string of the molecule is NC1(C(=O)N2CCC3(CC2)C(=O)N(Cc2ncc4ccccc4c2-c2ccc(S(N)(=O)=O)cc2)c2cnccc23)CC1. The van der Waals surface area contributed by atoms with Crippen molar-refractivity contribution in [2.45, 2.75) is 48.1 Å². The lowest BCUT2D eigenvalue weighted by molar-refractivity contribution is -0.137. The molecule has 4 N–H and O–H groups in total. The zero-order valence-corrected chi connectivity index (χ0v) is 23.7. The molecule has 214 valence electrons. The maximum absolute atomic E-state index is 14.4. The minimum Gasteiger partial charge on any atom is -0.341 e. The van der Waals surface area contributed by atoms with E-state index in [4.69, 9.17) is 15.9 Å². The first-order chi connectivity index (χ1) is 20.1. The summed E-state index contributed by atoms with van der Waals surface area (Å²) in [7, 11) is -3.85. The summed E-state index contributed by atoms with van der Waals surface area (Å²) in [4.78, 5) is 40.0. The van der Waals surface area contributed by atoms with Gasteiger partial charge in [0.15, 0.2) is 0 Å². The number of rotatable bonds is 5. The minimum atomic E-state index is -3.85. The van der Waals surface area contributed by atoms with Crippen LogP contribution in [0.3, 0.4) is 0 Å². The van der Waals surface area contributed by atoms with Crippen LogP contribution in [0.1, 0.15) is 36.9 Å². The molecule has 4 aromatic rings. The first kappa shape index (κ1) is 26.7. The standard InChI is InChI=1S/C31H30N6O4S/c32-31(10-11-31)29(39)36-15-12-30(13-16-36)24-9-14-34-18-26(24)37(28(30)38)19-25-27(23-4-2-1-3-21(23)17-35-25)20-5-7-22(8-6-20)42(33,40)41/h1-9,14,17-18H,10-13,15-16,19,32H2,(H2,33,40,41). The van der Waals surface area contributed by atoms with Gasteiger partial charge in [0, 0.05) is 36.4 Å². The van der Waals surface area contributed by atoms with Crippen molar-refractivity contribution in [3.05, 3.63) is 84.4 Å². The Morgan fingerprint density at radius 1 is 0.952 bits per heavy atom. The van der Waals surface area contributed by atoms with Crippen LogP contribution in [0.2, 0.25) is 0 Å². The minimum absolute atomic E-state index is 0.0183. The number of aromatic nitrogens is 2. The summed E-state index contributed by atoms with van der Waals surface area (Å²) >= 11 is 0. The maximum atomic E-state index is 14.4. The highest BCUT2D eigenvalue weighted by molar-refractivity contribution is 7.89. The molecule has 4 heterocycles. The van der Waals surface area contributed by atoms with E-state index in [0.29, 0.717) is 44.5 Å². The van der Waals surface area contributed by atoms with Crippen LogP contribution in [0.5, 0.6) is 0 Å². The Kier molecular flexibility index (Phi) is 5.98. The lowest BCUT2D eigenvalue weighted by atomic mass is 9.74. The highest BCUT2D eigenvalue weighted by Crippen LogP contribution is 2.49. The second kappa shape index (κ2) is 9.41. The van der Waals surface area contributed by atoms with E-state index in [0.717, 1.165) is 33.2 Å². The number of hydrogen-bond acceptors (Lipinski definition) is 7. The first-order valence-electron chi connectivity index (χ1n) is 14.0. The van der Waals surface area contributed by atoms with Gasteiger partial charge in [0.1, 0.15) is 0 Å². The molecule has 11 heteroatoms.